The molecule has 0 radical (unpaired) electrons. The van der Waals surface area contributed by atoms with Crippen molar-refractivity contribution in [3.63, 3.8) is 0 Å². The third-order valence-electron chi connectivity index (χ3n) is 4.22. The Kier molecular flexibility index (Phi) is 5.27. The lowest BCUT2D eigenvalue weighted by Gasteiger charge is -2.16. The average molecular weight is 331 g/mol. The summed E-state index contributed by atoms with van der Waals surface area (Å²) < 4.78 is 27.8. The van der Waals surface area contributed by atoms with Crippen LogP contribution in [0.2, 0.25) is 0 Å². The molecule has 0 amide bonds. The predicted octanol–water partition coefficient (Wildman–Crippen LogP) is 4.47. The van der Waals surface area contributed by atoms with Gasteiger partial charge in [0.1, 0.15) is 0 Å². The van der Waals surface area contributed by atoms with Crippen LogP contribution in [0.25, 0.3) is 0 Å². The molecule has 0 spiro atoms. The van der Waals surface area contributed by atoms with Gasteiger partial charge >= 0.3 is 0 Å². The lowest BCUT2D eigenvalue weighted by Crippen LogP contribution is -2.27. The van der Waals surface area contributed by atoms with Crippen molar-refractivity contribution >= 4 is 10.0 Å². The maximum atomic E-state index is 12.5. The van der Waals surface area contributed by atoms with Crippen LogP contribution in [0.3, 0.4) is 0 Å². The summed E-state index contributed by atoms with van der Waals surface area (Å²) in [5, 5.41) is 0. The first-order valence-electron chi connectivity index (χ1n) is 7.90. The van der Waals surface area contributed by atoms with Crippen LogP contribution < -0.4 is 4.72 Å². The van der Waals surface area contributed by atoms with Crippen LogP contribution in [-0.2, 0) is 10.0 Å². The molecule has 2 aromatic carbocycles. The highest BCUT2D eigenvalue weighted by atomic mass is 32.2. The van der Waals surface area contributed by atoms with E-state index < -0.39 is 10.0 Å². The normalized spacial score (nSPS) is 13.3. The third-order valence-corrected chi connectivity index (χ3v) is 5.78. The molecule has 0 aliphatic heterocycles. The van der Waals surface area contributed by atoms with Gasteiger partial charge in [-0.25, -0.2) is 13.1 Å². The van der Waals surface area contributed by atoms with Crippen molar-refractivity contribution in [3.8, 4) is 0 Å². The maximum absolute atomic E-state index is 12.5. The van der Waals surface area contributed by atoms with Gasteiger partial charge in [0.05, 0.1) is 4.90 Å². The molecular formula is C19H25NO2S. The van der Waals surface area contributed by atoms with Crippen molar-refractivity contribution in [1.82, 2.24) is 4.72 Å². The van der Waals surface area contributed by atoms with Crippen molar-refractivity contribution in [3.05, 3.63) is 64.7 Å². The Morgan fingerprint density at radius 1 is 0.826 bits per heavy atom. The molecule has 124 valence electrons. The van der Waals surface area contributed by atoms with Crippen LogP contribution in [0.4, 0.5) is 0 Å². The zero-order valence-electron chi connectivity index (χ0n) is 14.4. The number of rotatable bonds is 5. The Morgan fingerprint density at radius 3 is 1.91 bits per heavy atom. The molecule has 0 heterocycles. The first-order valence-corrected chi connectivity index (χ1v) is 9.38. The summed E-state index contributed by atoms with van der Waals surface area (Å²) in [5.74, 6) is 0.383. The largest absolute Gasteiger partial charge is 0.241 e. The van der Waals surface area contributed by atoms with Crippen LogP contribution in [0.1, 0.15) is 55.0 Å². The molecule has 0 aliphatic carbocycles. The van der Waals surface area contributed by atoms with Gasteiger partial charge in [-0.1, -0.05) is 44.2 Å². The molecular weight excluding hydrogens is 306 g/mol. The molecule has 0 saturated carbocycles. The van der Waals surface area contributed by atoms with Crippen molar-refractivity contribution in [2.75, 3.05) is 0 Å². The van der Waals surface area contributed by atoms with Crippen molar-refractivity contribution in [1.29, 1.82) is 0 Å². The van der Waals surface area contributed by atoms with E-state index >= 15 is 0 Å². The zero-order valence-corrected chi connectivity index (χ0v) is 15.2. The Hall–Kier alpha value is -1.65. The smallest absolute Gasteiger partial charge is 0.207 e. The third kappa shape index (κ3) is 4.21. The summed E-state index contributed by atoms with van der Waals surface area (Å²) in [5.41, 5.74) is 4.46. The molecule has 0 aliphatic rings. The van der Waals surface area contributed by atoms with Crippen LogP contribution in [0.15, 0.2) is 47.4 Å². The first-order chi connectivity index (χ1) is 10.7. The van der Waals surface area contributed by atoms with Crippen LogP contribution in [-0.4, -0.2) is 8.42 Å². The quantitative estimate of drug-likeness (QED) is 0.879. The summed E-state index contributed by atoms with van der Waals surface area (Å²) in [6.45, 7) is 10.1. The summed E-state index contributed by atoms with van der Waals surface area (Å²) in [6, 6.07) is 12.8. The molecule has 0 bridgehead atoms. The van der Waals surface area contributed by atoms with Crippen molar-refractivity contribution in [2.45, 2.75) is 51.5 Å². The van der Waals surface area contributed by atoms with Gasteiger partial charge in [0.2, 0.25) is 10.0 Å². The zero-order chi connectivity index (χ0) is 17.2. The van der Waals surface area contributed by atoms with Crippen LogP contribution in [0.5, 0.6) is 0 Å². The van der Waals surface area contributed by atoms with Gasteiger partial charge < -0.3 is 0 Å². The summed E-state index contributed by atoms with van der Waals surface area (Å²) in [7, 11) is -3.52. The fourth-order valence-electron chi connectivity index (χ4n) is 2.43. The maximum Gasteiger partial charge on any atom is 0.241 e. The van der Waals surface area contributed by atoms with Gasteiger partial charge in [-0.2, -0.15) is 0 Å². The molecule has 23 heavy (non-hydrogen) atoms. The van der Waals surface area contributed by atoms with Gasteiger partial charge in [-0.3, -0.25) is 0 Å². The van der Waals surface area contributed by atoms with Crippen LogP contribution >= 0.6 is 0 Å². The Balaban J connectivity index is 2.21. The van der Waals surface area contributed by atoms with Crippen LogP contribution in [0, 0.1) is 13.8 Å². The van der Waals surface area contributed by atoms with Gasteiger partial charge in [0.25, 0.3) is 0 Å². The second-order valence-corrected chi connectivity index (χ2v) is 8.12. The van der Waals surface area contributed by atoms with E-state index in [0.29, 0.717) is 10.8 Å². The highest BCUT2D eigenvalue weighted by Gasteiger charge is 2.18. The Bertz CT molecular complexity index is 778. The number of benzene rings is 2. The van der Waals surface area contributed by atoms with E-state index in [2.05, 4.69) is 18.6 Å². The van der Waals surface area contributed by atoms with E-state index in [1.54, 1.807) is 12.1 Å². The highest BCUT2D eigenvalue weighted by molar-refractivity contribution is 7.89. The number of hydrogen-bond donors (Lipinski definition) is 1. The number of hydrogen-bond acceptors (Lipinski definition) is 2. The van der Waals surface area contributed by atoms with Gasteiger partial charge in [0, 0.05) is 6.04 Å². The molecule has 1 N–H and O–H groups in total. The molecule has 0 aromatic heterocycles. The van der Waals surface area contributed by atoms with E-state index in [0.717, 1.165) is 16.7 Å². The van der Waals surface area contributed by atoms with Gasteiger partial charge in [0.15, 0.2) is 0 Å². The minimum absolute atomic E-state index is 0.274. The van der Waals surface area contributed by atoms with Gasteiger partial charge in [-0.05, 0) is 61.1 Å². The lowest BCUT2D eigenvalue weighted by molar-refractivity contribution is 0.567. The first kappa shape index (κ1) is 17.7. The minimum atomic E-state index is -3.52. The molecule has 0 saturated heterocycles. The molecule has 0 unspecified atom stereocenters. The fourth-order valence-corrected chi connectivity index (χ4v) is 3.67. The monoisotopic (exact) mass is 331 g/mol. The summed E-state index contributed by atoms with van der Waals surface area (Å²) in [4.78, 5) is 0.303. The Labute approximate surface area is 139 Å². The van der Waals surface area contributed by atoms with E-state index in [4.69, 9.17) is 0 Å². The predicted molar refractivity (Wildman–Crippen MR) is 95.2 cm³/mol. The minimum Gasteiger partial charge on any atom is -0.207 e. The Morgan fingerprint density at radius 2 is 1.39 bits per heavy atom. The van der Waals surface area contributed by atoms with E-state index in [1.807, 2.05) is 51.1 Å². The second-order valence-electron chi connectivity index (χ2n) is 6.41. The lowest BCUT2D eigenvalue weighted by atomic mass is 10.0. The fraction of sp³-hybridized carbons (Fsp3) is 0.368. The topological polar surface area (TPSA) is 46.2 Å². The number of sulfonamides is 1. The molecule has 3 nitrogen and oxygen atoms in total. The summed E-state index contributed by atoms with van der Waals surface area (Å²) >= 11 is 0. The molecule has 2 aromatic rings. The van der Waals surface area contributed by atoms with Gasteiger partial charge in [-0.15, -0.1) is 0 Å². The average Bonchev–Trinajstić information content (AvgIpc) is 2.49. The van der Waals surface area contributed by atoms with Crippen molar-refractivity contribution < 1.29 is 8.42 Å². The summed E-state index contributed by atoms with van der Waals surface area (Å²) in [6.07, 6.45) is 0. The second kappa shape index (κ2) is 6.85. The molecule has 1 atom stereocenters. The van der Waals surface area contributed by atoms with E-state index in [-0.39, 0.29) is 6.04 Å². The highest BCUT2D eigenvalue weighted by Crippen LogP contribution is 2.21. The molecule has 4 heteroatoms. The number of nitrogens with one attached hydrogen (secondary N) is 1. The van der Waals surface area contributed by atoms with E-state index in [9.17, 15) is 8.42 Å². The molecule has 2 rings (SSSR count). The standard InChI is InChI=1S/C19H25NO2S/c1-13(2)17-8-10-19(11-9-17)23(21,22)20-16(5)18-7-6-14(3)15(4)12-18/h6-13,16,20H,1-5H3/t16-/m0/s1. The van der Waals surface area contributed by atoms with E-state index in [1.165, 1.54) is 5.56 Å². The molecule has 0 fully saturated rings. The SMILES string of the molecule is Cc1ccc([C@H](C)NS(=O)(=O)c2ccc(C(C)C)cc2)cc1C. The van der Waals surface area contributed by atoms with Crippen molar-refractivity contribution in [2.24, 2.45) is 0 Å². The number of aryl methyl sites for hydroxylation is 2.